The van der Waals surface area contributed by atoms with Crippen LogP contribution in [-0.2, 0) is 4.74 Å². The van der Waals surface area contributed by atoms with Gasteiger partial charge in [-0.25, -0.2) is 4.39 Å². The number of carbonyl (C=O) groups excluding carboxylic acids is 1. The molecule has 0 unspecified atom stereocenters. The zero-order valence-electron chi connectivity index (χ0n) is 11.4. The minimum atomic E-state index is -0.563. The second-order valence-corrected chi connectivity index (χ2v) is 5.17. The molecule has 0 spiro atoms. The number of ether oxygens (including phenoxy) is 2. The van der Waals surface area contributed by atoms with E-state index in [0.29, 0.717) is 25.5 Å². The maximum Gasteiger partial charge on any atom is 0.257 e. The number of hydrogen-bond acceptors (Lipinski definition) is 3. The Balaban J connectivity index is 2.28. The molecule has 0 aromatic heterocycles. The van der Waals surface area contributed by atoms with Gasteiger partial charge in [0.15, 0.2) is 0 Å². The highest BCUT2D eigenvalue weighted by Gasteiger charge is 2.35. The zero-order chi connectivity index (χ0) is 14.0. The van der Waals surface area contributed by atoms with Crippen molar-refractivity contribution >= 4 is 5.91 Å². The smallest absolute Gasteiger partial charge is 0.257 e. The molecule has 1 aromatic carbocycles. The number of hydrogen-bond donors (Lipinski definition) is 0. The van der Waals surface area contributed by atoms with Gasteiger partial charge in [-0.1, -0.05) is 0 Å². The number of amides is 1. The van der Waals surface area contributed by atoms with E-state index < -0.39 is 11.4 Å². The summed E-state index contributed by atoms with van der Waals surface area (Å²) >= 11 is 0. The Kier molecular flexibility index (Phi) is 3.75. The van der Waals surface area contributed by atoms with Crippen LogP contribution in [-0.4, -0.2) is 43.2 Å². The van der Waals surface area contributed by atoms with Gasteiger partial charge in [-0.3, -0.25) is 4.79 Å². The molecule has 1 fully saturated rings. The van der Waals surface area contributed by atoms with Gasteiger partial charge in [0.05, 0.1) is 31.4 Å². The van der Waals surface area contributed by atoms with E-state index in [1.807, 2.05) is 13.8 Å². The van der Waals surface area contributed by atoms with E-state index in [9.17, 15) is 9.18 Å². The summed E-state index contributed by atoms with van der Waals surface area (Å²) < 4.78 is 24.2. The first-order chi connectivity index (χ1) is 8.95. The molecule has 1 aromatic rings. The number of nitrogens with zero attached hydrogens (tertiary/aromatic N) is 1. The first kappa shape index (κ1) is 13.8. The summed E-state index contributed by atoms with van der Waals surface area (Å²) in [6.07, 6.45) is 0. The fourth-order valence-corrected chi connectivity index (χ4v) is 2.18. The molecule has 1 amide bonds. The Labute approximate surface area is 112 Å². The standard InChI is InChI=1S/C14H18FNO3/c1-14(2)9-19-7-6-16(14)13(17)11-5-4-10(18-3)8-12(11)15/h4-5,8H,6-7,9H2,1-3H3. The molecule has 1 aliphatic heterocycles. The average Bonchev–Trinajstić information content (AvgIpc) is 2.37. The summed E-state index contributed by atoms with van der Waals surface area (Å²) in [6, 6.07) is 4.27. The molecule has 1 aliphatic rings. The van der Waals surface area contributed by atoms with E-state index >= 15 is 0 Å². The fraction of sp³-hybridized carbons (Fsp3) is 0.500. The molecule has 0 radical (unpaired) electrons. The third-order valence-corrected chi connectivity index (χ3v) is 3.30. The molecule has 0 saturated carbocycles. The van der Waals surface area contributed by atoms with Gasteiger partial charge in [-0.15, -0.1) is 0 Å². The molecule has 5 heteroatoms. The maximum atomic E-state index is 13.9. The number of benzene rings is 1. The van der Waals surface area contributed by atoms with Crippen molar-refractivity contribution in [3.8, 4) is 5.75 Å². The van der Waals surface area contributed by atoms with Crippen LogP contribution in [0.3, 0.4) is 0 Å². The minimum Gasteiger partial charge on any atom is -0.497 e. The lowest BCUT2D eigenvalue weighted by Crippen LogP contribution is -2.55. The number of halogens is 1. The van der Waals surface area contributed by atoms with Crippen molar-refractivity contribution in [3.63, 3.8) is 0 Å². The monoisotopic (exact) mass is 267 g/mol. The summed E-state index contributed by atoms with van der Waals surface area (Å²) in [5, 5.41) is 0. The van der Waals surface area contributed by atoms with Crippen LogP contribution in [0.25, 0.3) is 0 Å². The normalized spacial score (nSPS) is 18.2. The van der Waals surface area contributed by atoms with Crippen molar-refractivity contribution in [1.29, 1.82) is 0 Å². The Bertz CT molecular complexity index is 488. The third kappa shape index (κ3) is 2.71. The van der Waals surface area contributed by atoms with E-state index in [1.165, 1.54) is 19.2 Å². The molecule has 2 rings (SSSR count). The predicted molar refractivity (Wildman–Crippen MR) is 68.9 cm³/mol. The number of methoxy groups -OCH3 is 1. The van der Waals surface area contributed by atoms with Gasteiger partial charge in [0.1, 0.15) is 11.6 Å². The molecule has 0 bridgehead atoms. The van der Waals surface area contributed by atoms with Crippen molar-refractivity contribution in [2.24, 2.45) is 0 Å². The molecule has 0 atom stereocenters. The minimum absolute atomic E-state index is 0.0655. The van der Waals surface area contributed by atoms with Gasteiger partial charge in [0.2, 0.25) is 0 Å². The number of carbonyl (C=O) groups is 1. The van der Waals surface area contributed by atoms with Gasteiger partial charge in [-0.2, -0.15) is 0 Å². The molecule has 104 valence electrons. The lowest BCUT2D eigenvalue weighted by atomic mass is 10.0. The van der Waals surface area contributed by atoms with Crippen LogP contribution in [0.1, 0.15) is 24.2 Å². The van der Waals surface area contributed by atoms with Crippen LogP contribution in [0.4, 0.5) is 4.39 Å². The van der Waals surface area contributed by atoms with Crippen molar-refractivity contribution in [2.75, 3.05) is 26.9 Å². The molecular weight excluding hydrogens is 249 g/mol. The van der Waals surface area contributed by atoms with E-state index in [0.717, 1.165) is 0 Å². The van der Waals surface area contributed by atoms with Crippen LogP contribution in [0, 0.1) is 5.82 Å². The number of rotatable bonds is 2. The second-order valence-electron chi connectivity index (χ2n) is 5.17. The number of morpholine rings is 1. The summed E-state index contributed by atoms with van der Waals surface area (Å²) in [7, 11) is 1.46. The van der Waals surface area contributed by atoms with Crippen LogP contribution in [0.2, 0.25) is 0 Å². The molecule has 0 aliphatic carbocycles. The lowest BCUT2D eigenvalue weighted by Gasteiger charge is -2.42. The quantitative estimate of drug-likeness (QED) is 0.823. The summed E-state index contributed by atoms with van der Waals surface area (Å²) in [5.74, 6) is -0.476. The molecule has 1 heterocycles. The van der Waals surface area contributed by atoms with Crippen molar-refractivity contribution < 1.29 is 18.7 Å². The van der Waals surface area contributed by atoms with Gasteiger partial charge in [0, 0.05) is 12.6 Å². The van der Waals surface area contributed by atoms with Gasteiger partial charge in [0.25, 0.3) is 5.91 Å². The van der Waals surface area contributed by atoms with Crippen molar-refractivity contribution in [2.45, 2.75) is 19.4 Å². The second kappa shape index (κ2) is 5.17. The Morgan fingerprint density at radius 2 is 2.21 bits per heavy atom. The van der Waals surface area contributed by atoms with E-state index in [2.05, 4.69) is 0 Å². The van der Waals surface area contributed by atoms with Crippen molar-refractivity contribution in [3.05, 3.63) is 29.6 Å². The molecule has 1 saturated heterocycles. The van der Waals surface area contributed by atoms with E-state index in [1.54, 1.807) is 11.0 Å². The van der Waals surface area contributed by atoms with E-state index in [-0.39, 0.29) is 11.5 Å². The summed E-state index contributed by atoms with van der Waals surface area (Å²) in [6.45, 7) is 5.22. The largest absolute Gasteiger partial charge is 0.497 e. The van der Waals surface area contributed by atoms with Crippen LogP contribution >= 0.6 is 0 Å². The molecule has 0 N–H and O–H groups in total. The Morgan fingerprint density at radius 1 is 1.47 bits per heavy atom. The van der Waals surface area contributed by atoms with E-state index in [4.69, 9.17) is 9.47 Å². The first-order valence-electron chi connectivity index (χ1n) is 6.19. The average molecular weight is 267 g/mol. The van der Waals surface area contributed by atoms with Gasteiger partial charge < -0.3 is 14.4 Å². The first-order valence-corrected chi connectivity index (χ1v) is 6.19. The van der Waals surface area contributed by atoms with Crippen LogP contribution in [0.15, 0.2) is 18.2 Å². The summed E-state index contributed by atoms with van der Waals surface area (Å²) in [5.41, 5.74) is -0.363. The van der Waals surface area contributed by atoms with Crippen LogP contribution in [0.5, 0.6) is 5.75 Å². The zero-order valence-corrected chi connectivity index (χ0v) is 11.4. The SMILES string of the molecule is COc1ccc(C(=O)N2CCOCC2(C)C)c(F)c1. The molecule has 4 nitrogen and oxygen atoms in total. The van der Waals surface area contributed by atoms with Gasteiger partial charge >= 0.3 is 0 Å². The fourth-order valence-electron chi connectivity index (χ4n) is 2.18. The molecule has 19 heavy (non-hydrogen) atoms. The highest BCUT2D eigenvalue weighted by molar-refractivity contribution is 5.95. The van der Waals surface area contributed by atoms with Gasteiger partial charge in [-0.05, 0) is 26.0 Å². The topological polar surface area (TPSA) is 38.8 Å². The molecular formula is C14H18FNO3. The predicted octanol–water partition coefficient (Wildman–Crippen LogP) is 2.09. The Hall–Kier alpha value is -1.62. The highest BCUT2D eigenvalue weighted by Crippen LogP contribution is 2.24. The maximum absolute atomic E-state index is 13.9. The summed E-state index contributed by atoms with van der Waals surface area (Å²) in [4.78, 5) is 14.1. The van der Waals surface area contributed by atoms with Crippen LogP contribution < -0.4 is 4.74 Å². The lowest BCUT2D eigenvalue weighted by molar-refractivity contribution is -0.0372. The van der Waals surface area contributed by atoms with Crippen molar-refractivity contribution in [1.82, 2.24) is 4.90 Å². The highest BCUT2D eigenvalue weighted by atomic mass is 19.1. The Morgan fingerprint density at radius 3 is 2.79 bits per heavy atom. The third-order valence-electron chi connectivity index (χ3n) is 3.30.